The van der Waals surface area contributed by atoms with Gasteiger partial charge in [0.1, 0.15) is 31.6 Å². The second kappa shape index (κ2) is 12.1. The third-order valence-corrected chi connectivity index (χ3v) is 21.3. The van der Waals surface area contributed by atoms with E-state index in [1.54, 1.807) is 0 Å². The van der Waals surface area contributed by atoms with Crippen LogP contribution >= 0.6 is 54.1 Å². The van der Waals surface area contributed by atoms with Gasteiger partial charge < -0.3 is 0 Å². The van der Waals surface area contributed by atoms with E-state index in [0.717, 1.165) is 0 Å². The summed E-state index contributed by atoms with van der Waals surface area (Å²) in [5.74, 6) is 0. The van der Waals surface area contributed by atoms with Crippen LogP contribution in [0.15, 0.2) is 60.7 Å². The molecule has 1 saturated heterocycles. The summed E-state index contributed by atoms with van der Waals surface area (Å²) in [5.41, 5.74) is -0.443. The molecule has 4 nitrogen and oxygen atoms in total. The smallest absolute Gasteiger partial charge is 0.138 e. The minimum atomic E-state index is -1.08. The van der Waals surface area contributed by atoms with Crippen LogP contribution in [0.3, 0.4) is 0 Å². The molecule has 0 amide bonds. The minimum Gasteiger partial charge on any atom is -0.212 e. The Hall–Kier alpha value is 0.580. The van der Waals surface area contributed by atoms with E-state index in [4.69, 9.17) is 22.5 Å². The van der Waals surface area contributed by atoms with Crippen molar-refractivity contribution in [2.75, 3.05) is 0 Å². The van der Waals surface area contributed by atoms with Gasteiger partial charge in [-0.2, -0.15) is 0 Å². The molecule has 1 aliphatic rings. The number of benzene rings is 2. The summed E-state index contributed by atoms with van der Waals surface area (Å²) < 4.78 is 10.8. The van der Waals surface area contributed by atoms with Crippen LogP contribution in [-0.2, 0) is 0 Å². The lowest BCUT2D eigenvalue weighted by molar-refractivity contribution is 0.222. The van der Waals surface area contributed by atoms with Crippen molar-refractivity contribution in [1.82, 2.24) is 17.8 Å². The normalized spacial score (nSPS) is 22.0. The fourth-order valence-corrected chi connectivity index (χ4v) is 19.8. The van der Waals surface area contributed by atoms with Gasteiger partial charge in [-0.05, 0) is 83.1 Å². The Labute approximate surface area is 247 Å². The molecule has 0 saturated carbocycles. The summed E-state index contributed by atoms with van der Waals surface area (Å²) in [7, 11) is -3.94. The van der Waals surface area contributed by atoms with Gasteiger partial charge in [0.25, 0.3) is 0 Å². The third-order valence-electron chi connectivity index (χ3n) is 5.69. The molecule has 10 heteroatoms. The van der Waals surface area contributed by atoms with E-state index < -0.39 is 31.6 Å². The minimum absolute atomic E-state index is 0.0837. The van der Waals surface area contributed by atoms with Crippen molar-refractivity contribution >= 4 is 64.7 Å². The van der Waals surface area contributed by atoms with E-state index in [2.05, 4.69) is 162 Å². The average molecular weight is 634 g/mol. The Morgan fingerprint density at radius 3 is 1.00 bits per heavy atom. The van der Waals surface area contributed by atoms with Crippen molar-refractivity contribution < 1.29 is 0 Å². The summed E-state index contributed by atoms with van der Waals surface area (Å²) in [5, 5.41) is 2.38. The molecule has 2 aromatic carbocycles. The molecule has 2 atom stereocenters. The molecule has 1 aliphatic heterocycles. The zero-order chi connectivity index (χ0) is 28.8. The lowest BCUT2D eigenvalue weighted by Crippen LogP contribution is -2.61. The second-order valence-electron chi connectivity index (χ2n) is 13.6. The van der Waals surface area contributed by atoms with Crippen molar-refractivity contribution in [3.63, 3.8) is 0 Å². The maximum atomic E-state index is 7.50. The quantitative estimate of drug-likeness (QED) is 0.294. The van der Waals surface area contributed by atoms with Gasteiger partial charge in [0.15, 0.2) is 0 Å². The lowest BCUT2D eigenvalue weighted by Gasteiger charge is -2.71. The second-order valence-corrected chi connectivity index (χ2v) is 23.1. The molecule has 1 heterocycles. The fourth-order valence-electron chi connectivity index (χ4n) is 4.19. The van der Waals surface area contributed by atoms with Crippen molar-refractivity contribution in [2.45, 2.75) is 105 Å². The Morgan fingerprint density at radius 1 is 0.526 bits per heavy atom. The van der Waals surface area contributed by atoms with Crippen LogP contribution in [0.25, 0.3) is 0 Å². The van der Waals surface area contributed by atoms with Gasteiger partial charge in [-0.25, -0.2) is 17.8 Å². The molecule has 38 heavy (non-hydrogen) atoms. The highest BCUT2D eigenvalue weighted by Gasteiger charge is 2.65. The van der Waals surface area contributed by atoms with E-state index in [9.17, 15) is 0 Å². The largest absolute Gasteiger partial charge is 0.212 e. The van der Waals surface area contributed by atoms with Gasteiger partial charge in [0.2, 0.25) is 0 Å². The summed E-state index contributed by atoms with van der Waals surface area (Å²) in [6.45, 7) is 27.9. The first kappa shape index (κ1) is 33.1. The molecule has 1 fully saturated rings. The fraction of sp³-hybridized carbons (Fsp3) is 0.571. The zero-order valence-electron chi connectivity index (χ0n) is 25.1. The van der Waals surface area contributed by atoms with Gasteiger partial charge >= 0.3 is 0 Å². The lowest BCUT2D eigenvalue weighted by atomic mass is 10.1. The van der Waals surface area contributed by atoms with Crippen LogP contribution in [0.2, 0.25) is 0 Å². The number of nitrogens with zero attached hydrogens (tertiary/aromatic N) is 4. The van der Waals surface area contributed by atoms with Gasteiger partial charge in [-0.1, -0.05) is 83.1 Å². The van der Waals surface area contributed by atoms with Gasteiger partial charge in [-0.3, -0.25) is 0 Å². The predicted octanol–water partition coefficient (Wildman–Crippen LogP) is 10.6. The molecular formula is C28H46Cl2N4P4. The topological polar surface area (TPSA) is 13.0 Å². The molecule has 0 bridgehead atoms. The van der Waals surface area contributed by atoms with Gasteiger partial charge in [-0.15, -0.1) is 0 Å². The summed E-state index contributed by atoms with van der Waals surface area (Å²) in [4.78, 5) is 0. The Bertz CT molecular complexity index is 955. The highest BCUT2D eigenvalue weighted by Crippen LogP contribution is 2.89. The number of rotatable bonds is 6. The Balaban J connectivity index is 2.22. The van der Waals surface area contributed by atoms with E-state index in [0.29, 0.717) is 0 Å². The third kappa shape index (κ3) is 7.13. The Kier molecular flexibility index (Phi) is 10.5. The molecule has 0 aromatic heterocycles. The van der Waals surface area contributed by atoms with Crippen LogP contribution in [-0.4, -0.2) is 39.9 Å². The molecule has 0 spiro atoms. The number of hydrogen-bond donors (Lipinski definition) is 0. The zero-order valence-corrected chi connectivity index (χ0v) is 30.2. The van der Waals surface area contributed by atoms with Crippen LogP contribution in [0, 0.1) is 0 Å². The first-order valence-corrected chi connectivity index (χ1v) is 19.9. The monoisotopic (exact) mass is 632 g/mol. The first-order valence-electron chi connectivity index (χ1n) is 13.1. The van der Waals surface area contributed by atoms with E-state index >= 15 is 0 Å². The Morgan fingerprint density at radius 2 is 0.789 bits per heavy atom. The molecule has 0 N–H and O–H groups in total. The van der Waals surface area contributed by atoms with E-state index in [1.807, 2.05) is 0 Å². The first-order chi connectivity index (χ1) is 17.3. The molecule has 212 valence electrons. The van der Waals surface area contributed by atoms with Gasteiger partial charge in [0, 0.05) is 32.8 Å². The van der Waals surface area contributed by atoms with Crippen molar-refractivity contribution in [3.8, 4) is 0 Å². The molecule has 0 radical (unpaired) electrons. The van der Waals surface area contributed by atoms with Crippen molar-refractivity contribution in [1.29, 1.82) is 0 Å². The summed E-state index contributed by atoms with van der Waals surface area (Å²) >= 11 is 15.0. The predicted molar refractivity (Wildman–Crippen MR) is 178 cm³/mol. The highest BCUT2D eigenvalue weighted by molar-refractivity contribution is 7.98. The number of hydrogen-bond acceptors (Lipinski definition) is 4. The van der Waals surface area contributed by atoms with Crippen LogP contribution in [0.4, 0.5) is 0 Å². The van der Waals surface area contributed by atoms with Crippen LogP contribution < -0.4 is 10.6 Å². The van der Waals surface area contributed by atoms with Crippen molar-refractivity contribution in [3.05, 3.63) is 60.7 Å². The van der Waals surface area contributed by atoms with E-state index in [1.165, 1.54) is 10.6 Å². The molecule has 0 unspecified atom stereocenters. The standard InChI is InChI=1S/C28H46Cl2N4P4/c1-25(2,3)31(35(29)23-19-15-13-16-20-23)37-33(27(7,8)9)38(34(37)28(10,11)12)32(26(4,5)6)36(30)24-21-17-14-18-22-24/h13-22H,1-12H3/t35-,36-,37?,38?/m1/s1. The molecule has 2 aromatic rings. The average Bonchev–Trinajstić information content (AvgIpc) is 2.75. The molecular weight excluding hydrogens is 587 g/mol. The maximum absolute atomic E-state index is 7.50. The molecule has 3 rings (SSSR count). The summed E-state index contributed by atoms with van der Waals surface area (Å²) in [6.07, 6.45) is 0. The van der Waals surface area contributed by atoms with Crippen LogP contribution in [0.5, 0.6) is 0 Å². The van der Waals surface area contributed by atoms with E-state index in [-0.39, 0.29) is 22.2 Å². The maximum Gasteiger partial charge on any atom is 0.138 e. The summed E-state index contributed by atoms with van der Waals surface area (Å²) in [6, 6.07) is 21.2. The van der Waals surface area contributed by atoms with Crippen LogP contribution in [0.1, 0.15) is 83.1 Å². The van der Waals surface area contributed by atoms with Gasteiger partial charge in [0.05, 0.1) is 0 Å². The van der Waals surface area contributed by atoms with Crippen molar-refractivity contribution in [2.24, 2.45) is 0 Å². The molecule has 0 aliphatic carbocycles. The number of halogens is 2. The highest BCUT2D eigenvalue weighted by atomic mass is 35.7. The SMILES string of the molecule is CC(C)(C)N1P(N([P@@](Cl)c2ccccc2)C(C)(C)C)N(C(C)(C)C)P1N([P@@](Cl)c1ccccc1)C(C)(C)C.